The molecular weight excluding hydrogens is 332 g/mol. The Kier molecular flexibility index (Phi) is 4.73. The number of carbonyl (C=O) groups excluding carboxylic acids is 1. The fourth-order valence-corrected chi connectivity index (χ4v) is 2.32. The first-order valence-electron chi connectivity index (χ1n) is 6.72. The van der Waals surface area contributed by atoms with Crippen molar-refractivity contribution in [2.45, 2.75) is 27.7 Å². The molecule has 5 heteroatoms. The standard InChI is InChI=1S/C16H17BrN2O2/c1-5-21-16(20)13-8-18-15(19-11(13)4)12-6-9(2)14(17)10(3)7-12/h6-8H,5H2,1-4H3. The SMILES string of the molecule is CCOC(=O)c1cnc(-c2cc(C)c(Br)c(C)c2)nc1C. The minimum absolute atomic E-state index is 0.338. The molecule has 0 atom stereocenters. The molecule has 1 heterocycles. The van der Waals surface area contributed by atoms with E-state index < -0.39 is 0 Å². The van der Waals surface area contributed by atoms with Gasteiger partial charge in [0, 0.05) is 16.2 Å². The van der Waals surface area contributed by atoms with Crippen molar-refractivity contribution in [2.75, 3.05) is 6.61 Å². The van der Waals surface area contributed by atoms with Crippen molar-refractivity contribution < 1.29 is 9.53 Å². The lowest BCUT2D eigenvalue weighted by molar-refractivity contribution is 0.0524. The van der Waals surface area contributed by atoms with E-state index in [2.05, 4.69) is 25.9 Å². The second kappa shape index (κ2) is 6.35. The van der Waals surface area contributed by atoms with Gasteiger partial charge in [-0.3, -0.25) is 0 Å². The fourth-order valence-electron chi connectivity index (χ4n) is 2.09. The van der Waals surface area contributed by atoms with Crippen LogP contribution in [0.1, 0.15) is 34.1 Å². The molecule has 0 aliphatic rings. The van der Waals surface area contributed by atoms with E-state index in [1.165, 1.54) is 6.20 Å². The first-order valence-corrected chi connectivity index (χ1v) is 7.51. The van der Waals surface area contributed by atoms with Gasteiger partial charge in [-0.2, -0.15) is 0 Å². The number of ether oxygens (including phenoxy) is 1. The molecule has 0 bridgehead atoms. The third-order valence-corrected chi connectivity index (χ3v) is 4.42. The molecule has 0 saturated heterocycles. The molecule has 0 N–H and O–H groups in total. The van der Waals surface area contributed by atoms with Crippen LogP contribution in [0.4, 0.5) is 0 Å². The van der Waals surface area contributed by atoms with Gasteiger partial charge in [0.2, 0.25) is 0 Å². The van der Waals surface area contributed by atoms with Gasteiger partial charge in [0.1, 0.15) is 0 Å². The summed E-state index contributed by atoms with van der Waals surface area (Å²) in [5, 5.41) is 0. The van der Waals surface area contributed by atoms with Gasteiger partial charge in [-0.1, -0.05) is 15.9 Å². The van der Waals surface area contributed by atoms with Crippen LogP contribution < -0.4 is 0 Å². The van der Waals surface area contributed by atoms with Gasteiger partial charge in [-0.25, -0.2) is 14.8 Å². The van der Waals surface area contributed by atoms with E-state index in [0.717, 1.165) is 21.2 Å². The van der Waals surface area contributed by atoms with Gasteiger partial charge in [-0.15, -0.1) is 0 Å². The van der Waals surface area contributed by atoms with Crippen molar-refractivity contribution in [3.63, 3.8) is 0 Å². The van der Waals surface area contributed by atoms with E-state index in [-0.39, 0.29) is 5.97 Å². The van der Waals surface area contributed by atoms with Crippen LogP contribution in [0.15, 0.2) is 22.8 Å². The number of aromatic nitrogens is 2. The maximum atomic E-state index is 11.8. The van der Waals surface area contributed by atoms with E-state index in [0.29, 0.717) is 23.7 Å². The molecule has 2 aromatic rings. The van der Waals surface area contributed by atoms with Crippen LogP contribution in [-0.4, -0.2) is 22.5 Å². The number of hydrogen-bond acceptors (Lipinski definition) is 4. The van der Waals surface area contributed by atoms with Gasteiger partial charge >= 0.3 is 5.97 Å². The minimum Gasteiger partial charge on any atom is -0.462 e. The Morgan fingerprint density at radius 1 is 1.24 bits per heavy atom. The molecule has 2 rings (SSSR count). The van der Waals surface area contributed by atoms with Crippen LogP contribution in [0, 0.1) is 20.8 Å². The highest BCUT2D eigenvalue weighted by molar-refractivity contribution is 9.10. The summed E-state index contributed by atoms with van der Waals surface area (Å²) in [6, 6.07) is 4.05. The normalized spacial score (nSPS) is 10.5. The largest absolute Gasteiger partial charge is 0.462 e. The topological polar surface area (TPSA) is 52.1 Å². The Hall–Kier alpha value is -1.75. The number of carbonyl (C=O) groups is 1. The average Bonchev–Trinajstić information content (AvgIpc) is 2.44. The van der Waals surface area contributed by atoms with E-state index in [1.54, 1.807) is 13.8 Å². The predicted octanol–water partition coefficient (Wildman–Crippen LogP) is 4.01. The highest BCUT2D eigenvalue weighted by atomic mass is 79.9. The maximum absolute atomic E-state index is 11.8. The van der Waals surface area contributed by atoms with Crippen molar-refractivity contribution in [1.82, 2.24) is 9.97 Å². The average molecular weight is 349 g/mol. The Labute approximate surface area is 132 Å². The molecule has 1 aromatic heterocycles. The quantitative estimate of drug-likeness (QED) is 0.786. The Bertz CT molecular complexity index is 676. The van der Waals surface area contributed by atoms with Crippen molar-refractivity contribution in [2.24, 2.45) is 0 Å². The fraction of sp³-hybridized carbons (Fsp3) is 0.312. The monoisotopic (exact) mass is 348 g/mol. The molecule has 0 unspecified atom stereocenters. The lowest BCUT2D eigenvalue weighted by atomic mass is 10.1. The molecule has 0 aliphatic carbocycles. The molecule has 4 nitrogen and oxygen atoms in total. The zero-order valence-electron chi connectivity index (χ0n) is 12.5. The van der Waals surface area contributed by atoms with Gasteiger partial charge in [0.25, 0.3) is 0 Å². The molecule has 0 radical (unpaired) electrons. The summed E-state index contributed by atoms with van der Waals surface area (Å²) in [4.78, 5) is 20.5. The molecule has 0 aliphatic heterocycles. The van der Waals surface area contributed by atoms with E-state index in [9.17, 15) is 4.79 Å². The van der Waals surface area contributed by atoms with Crippen LogP contribution in [-0.2, 0) is 4.74 Å². The van der Waals surface area contributed by atoms with Crippen LogP contribution in [0.25, 0.3) is 11.4 Å². The van der Waals surface area contributed by atoms with E-state index >= 15 is 0 Å². The van der Waals surface area contributed by atoms with Gasteiger partial charge in [0.05, 0.1) is 17.9 Å². The molecule has 0 saturated carbocycles. The summed E-state index contributed by atoms with van der Waals surface area (Å²) < 4.78 is 6.07. The van der Waals surface area contributed by atoms with Crippen molar-refractivity contribution in [1.29, 1.82) is 0 Å². The third-order valence-electron chi connectivity index (χ3n) is 3.17. The molecule has 0 amide bonds. The summed E-state index contributed by atoms with van der Waals surface area (Å²) >= 11 is 3.55. The number of halogens is 1. The van der Waals surface area contributed by atoms with Crippen LogP contribution in [0.2, 0.25) is 0 Å². The lowest BCUT2D eigenvalue weighted by Crippen LogP contribution is -2.09. The number of hydrogen-bond donors (Lipinski definition) is 0. The van der Waals surface area contributed by atoms with Crippen molar-refractivity contribution in [3.8, 4) is 11.4 Å². The van der Waals surface area contributed by atoms with E-state index in [1.807, 2.05) is 26.0 Å². The van der Waals surface area contributed by atoms with Gasteiger partial charge in [-0.05, 0) is 51.0 Å². The summed E-state index contributed by atoms with van der Waals surface area (Å²) in [5.74, 6) is 0.226. The molecule has 21 heavy (non-hydrogen) atoms. The first-order chi connectivity index (χ1) is 9.93. The second-order valence-electron chi connectivity index (χ2n) is 4.84. The third kappa shape index (κ3) is 3.29. The highest BCUT2D eigenvalue weighted by Crippen LogP contribution is 2.27. The molecular formula is C16H17BrN2O2. The van der Waals surface area contributed by atoms with Crippen molar-refractivity contribution in [3.05, 3.63) is 45.2 Å². The lowest BCUT2D eigenvalue weighted by Gasteiger charge is -2.09. The summed E-state index contributed by atoms with van der Waals surface area (Å²) in [7, 11) is 0. The number of rotatable bonds is 3. The first kappa shape index (κ1) is 15.6. The van der Waals surface area contributed by atoms with E-state index in [4.69, 9.17) is 4.74 Å². The van der Waals surface area contributed by atoms with Crippen LogP contribution in [0.3, 0.4) is 0 Å². The zero-order chi connectivity index (χ0) is 15.6. The second-order valence-corrected chi connectivity index (χ2v) is 5.63. The van der Waals surface area contributed by atoms with Gasteiger partial charge < -0.3 is 4.74 Å². The molecule has 110 valence electrons. The minimum atomic E-state index is -0.385. The maximum Gasteiger partial charge on any atom is 0.341 e. The Balaban J connectivity index is 2.43. The zero-order valence-corrected chi connectivity index (χ0v) is 14.1. The summed E-state index contributed by atoms with van der Waals surface area (Å²) in [5.41, 5.74) is 4.22. The summed E-state index contributed by atoms with van der Waals surface area (Å²) in [6.07, 6.45) is 1.53. The number of aryl methyl sites for hydroxylation is 3. The number of nitrogens with zero attached hydrogens (tertiary/aromatic N) is 2. The van der Waals surface area contributed by atoms with Crippen LogP contribution in [0.5, 0.6) is 0 Å². The number of benzene rings is 1. The molecule has 0 fully saturated rings. The van der Waals surface area contributed by atoms with Gasteiger partial charge in [0.15, 0.2) is 5.82 Å². The Morgan fingerprint density at radius 2 is 1.86 bits per heavy atom. The van der Waals surface area contributed by atoms with Crippen LogP contribution >= 0.6 is 15.9 Å². The highest BCUT2D eigenvalue weighted by Gasteiger charge is 2.14. The molecule has 1 aromatic carbocycles. The Morgan fingerprint density at radius 3 is 2.38 bits per heavy atom. The number of esters is 1. The smallest absolute Gasteiger partial charge is 0.341 e. The van der Waals surface area contributed by atoms with Crippen molar-refractivity contribution >= 4 is 21.9 Å². The predicted molar refractivity (Wildman–Crippen MR) is 85.3 cm³/mol. The summed E-state index contributed by atoms with van der Waals surface area (Å²) in [6.45, 7) is 7.96. The molecule has 0 spiro atoms.